The molecule has 9 heteroatoms. The van der Waals surface area contributed by atoms with E-state index >= 15 is 4.39 Å². The number of benzene rings is 2. The number of nitrogens with one attached hydrogen (secondary N) is 1. The molecular formula is C24H24F2N4O3. The summed E-state index contributed by atoms with van der Waals surface area (Å²) in [4.78, 5) is 30.3. The number of carbonyl (C=O) groups is 1. The van der Waals surface area contributed by atoms with Crippen molar-refractivity contribution in [3.63, 3.8) is 0 Å². The second kappa shape index (κ2) is 8.15. The summed E-state index contributed by atoms with van der Waals surface area (Å²) in [7, 11) is 2.02. The highest BCUT2D eigenvalue weighted by Gasteiger charge is 2.31. The zero-order chi connectivity index (χ0) is 23.3. The molecule has 1 N–H and O–H groups in total. The van der Waals surface area contributed by atoms with Gasteiger partial charge in [0.1, 0.15) is 23.7 Å². The van der Waals surface area contributed by atoms with Crippen LogP contribution in [0.3, 0.4) is 0 Å². The van der Waals surface area contributed by atoms with E-state index in [2.05, 4.69) is 10.2 Å². The molecule has 172 valence electrons. The third-order valence-electron chi connectivity index (χ3n) is 6.31. The fraction of sp³-hybridized carbons (Fsp3) is 0.333. The SMILES string of the molecule is C[C@H]1COc2c(N3CCN(C)CC3)c(F)cc3c(=O)c(C(=O)Nc4ccc(F)cc4)cn1c23. The Morgan fingerprint density at radius 1 is 1.12 bits per heavy atom. The van der Waals surface area contributed by atoms with Crippen LogP contribution in [0.5, 0.6) is 5.75 Å². The van der Waals surface area contributed by atoms with Crippen molar-refractivity contribution >= 4 is 28.2 Å². The molecule has 2 aromatic carbocycles. The second-order valence-electron chi connectivity index (χ2n) is 8.62. The number of pyridine rings is 1. The van der Waals surface area contributed by atoms with Crippen LogP contribution in [0.25, 0.3) is 10.9 Å². The smallest absolute Gasteiger partial charge is 0.261 e. The lowest BCUT2D eigenvalue weighted by atomic mass is 10.0. The van der Waals surface area contributed by atoms with Crippen molar-refractivity contribution in [1.82, 2.24) is 9.47 Å². The van der Waals surface area contributed by atoms with Crippen LogP contribution in [-0.4, -0.2) is 55.2 Å². The van der Waals surface area contributed by atoms with E-state index < -0.39 is 23.0 Å². The lowest BCUT2D eigenvalue weighted by Crippen LogP contribution is -2.45. The van der Waals surface area contributed by atoms with Gasteiger partial charge in [-0.1, -0.05) is 0 Å². The van der Waals surface area contributed by atoms with Gasteiger partial charge in [-0.2, -0.15) is 0 Å². The van der Waals surface area contributed by atoms with Crippen LogP contribution in [-0.2, 0) is 0 Å². The molecule has 3 heterocycles. The number of aromatic nitrogens is 1. The van der Waals surface area contributed by atoms with E-state index in [4.69, 9.17) is 4.74 Å². The molecule has 7 nitrogen and oxygen atoms in total. The topological polar surface area (TPSA) is 66.8 Å². The van der Waals surface area contributed by atoms with Crippen molar-refractivity contribution in [3.8, 4) is 5.75 Å². The minimum absolute atomic E-state index is 0.0960. The Bertz CT molecular complexity index is 1300. The maximum atomic E-state index is 15.4. The Morgan fingerprint density at radius 2 is 1.82 bits per heavy atom. The van der Waals surface area contributed by atoms with Gasteiger partial charge >= 0.3 is 0 Å². The molecule has 0 aliphatic carbocycles. The van der Waals surface area contributed by atoms with Crippen LogP contribution in [0.15, 0.2) is 41.3 Å². The Morgan fingerprint density at radius 3 is 2.52 bits per heavy atom. The van der Waals surface area contributed by atoms with Gasteiger partial charge < -0.3 is 24.4 Å². The van der Waals surface area contributed by atoms with E-state index in [1.54, 1.807) is 0 Å². The van der Waals surface area contributed by atoms with E-state index in [-0.39, 0.29) is 23.6 Å². The number of likely N-dealkylation sites (N-methyl/N-ethyl adjacent to an activating group) is 1. The number of anilines is 2. The average molecular weight is 454 g/mol. The van der Waals surface area contributed by atoms with Gasteiger partial charge in [0.2, 0.25) is 5.43 Å². The third kappa shape index (κ3) is 3.72. The third-order valence-corrected chi connectivity index (χ3v) is 6.31. The Balaban J connectivity index is 1.63. The molecular weight excluding hydrogens is 430 g/mol. The molecule has 33 heavy (non-hydrogen) atoms. The van der Waals surface area contributed by atoms with Gasteiger partial charge in [0.05, 0.1) is 16.9 Å². The summed E-state index contributed by atoms with van der Waals surface area (Å²) in [6.45, 7) is 5.08. The normalized spacial score (nSPS) is 18.3. The van der Waals surface area contributed by atoms with Gasteiger partial charge in [-0.05, 0) is 44.3 Å². The molecule has 1 aromatic heterocycles. The molecule has 3 aromatic rings. The summed E-state index contributed by atoms with van der Waals surface area (Å²) in [6, 6.07) is 6.30. The average Bonchev–Trinajstić information content (AvgIpc) is 2.79. The molecule has 0 radical (unpaired) electrons. The largest absolute Gasteiger partial charge is 0.487 e. The molecule has 0 spiro atoms. The van der Waals surface area contributed by atoms with E-state index in [1.807, 2.05) is 23.4 Å². The minimum Gasteiger partial charge on any atom is -0.487 e. The number of nitrogens with zero attached hydrogens (tertiary/aromatic N) is 3. The van der Waals surface area contributed by atoms with Crippen LogP contribution in [0.4, 0.5) is 20.2 Å². The predicted octanol–water partition coefficient (Wildman–Crippen LogP) is 3.24. The van der Waals surface area contributed by atoms with Gasteiger partial charge in [-0.25, -0.2) is 8.78 Å². The summed E-state index contributed by atoms with van der Waals surface area (Å²) >= 11 is 0. The number of ether oxygens (including phenoxy) is 1. The van der Waals surface area contributed by atoms with Gasteiger partial charge in [0.15, 0.2) is 11.6 Å². The fourth-order valence-corrected chi connectivity index (χ4v) is 4.43. The first kappa shape index (κ1) is 21.4. The summed E-state index contributed by atoms with van der Waals surface area (Å²) in [6.07, 6.45) is 1.51. The summed E-state index contributed by atoms with van der Waals surface area (Å²) < 4.78 is 36.3. The van der Waals surface area contributed by atoms with Crippen molar-refractivity contribution in [2.75, 3.05) is 50.1 Å². The van der Waals surface area contributed by atoms with Crippen LogP contribution >= 0.6 is 0 Å². The molecule has 5 rings (SSSR count). The molecule has 2 aliphatic heterocycles. The molecule has 0 unspecified atom stereocenters. The van der Waals surface area contributed by atoms with Crippen LogP contribution < -0.4 is 20.4 Å². The number of hydrogen-bond acceptors (Lipinski definition) is 5. The number of amides is 1. The van der Waals surface area contributed by atoms with Crippen molar-refractivity contribution in [3.05, 3.63) is 63.9 Å². The van der Waals surface area contributed by atoms with Crippen LogP contribution in [0.2, 0.25) is 0 Å². The Labute approximate surface area is 189 Å². The molecule has 0 bridgehead atoms. The highest BCUT2D eigenvalue weighted by atomic mass is 19.1. The number of halogens is 2. The van der Waals surface area contributed by atoms with E-state index in [0.717, 1.165) is 13.1 Å². The molecule has 1 amide bonds. The Hall–Kier alpha value is -3.46. The fourth-order valence-electron chi connectivity index (χ4n) is 4.43. The molecule has 2 aliphatic rings. The highest BCUT2D eigenvalue weighted by Crippen LogP contribution is 2.42. The highest BCUT2D eigenvalue weighted by molar-refractivity contribution is 6.06. The van der Waals surface area contributed by atoms with Gasteiger partial charge in [0.25, 0.3) is 5.91 Å². The molecule has 1 atom stereocenters. The van der Waals surface area contributed by atoms with E-state index in [0.29, 0.717) is 35.7 Å². The van der Waals surface area contributed by atoms with Crippen molar-refractivity contribution < 1.29 is 18.3 Å². The van der Waals surface area contributed by atoms with Gasteiger partial charge in [0, 0.05) is 38.1 Å². The first-order valence-corrected chi connectivity index (χ1v) is 10.9. The van der Waals surface area contributed by atoms with Crippen molar-refractivity contribution in [2.24, 2.45) is 0 Å². The maximum absolute atomic E-state index is 15.4. The maximum Gasteiger partial charge on any atom is 0.261 e. The monoisotopic (exact) mass is 454 g/mol. The van der Waals surface area contributed by atoms with Crippen molar-refractivity contribution in [2.45, 2.75) is 13.0 Å². The number of rotatable bonds is 3. The number of hydrogen-bond donors (Lipinski definition) is 1. The first-order chi connectivity index (χ1) is 15.8. The zero-order valence-corrected chi connectivity index (χ0v) is 18.4. The van der Waals surface area contributed by atoms with Crippen LogP contribution in [0, 0.1) is 11.6 Å². The van der Waals surface area contributed by atoms with Crippen LogP contribution in [0.1, 0.15) is 23.3 Å². The number of carbonyl (C=O) groups excluding carboxylic acids is 1. The summed E-state index contributed by atoms with van der Waals surface area (Å²) in [5.41, 5.74) is 0.515. The minimum atomic E-state index is -0.638. The zero-order valence-electron chi connectivity index (χ0n) is 18.4. The lowest BCUT2D eigenvalue weighted by Gasteiger charge is -2.37. The standard InChI is InChI=1S/C24H24F2N4O3/c1-14-13-33-23-20-17(11-19(26)21(23)29-9-7-28(2)8-10-29)22(31)18(12-30(14)20)24(32)27-16-5-3-15(25)4-6-16/h3-6,11-12,14H,7-10,13H2,1-2H3,(H,27,32)/t14-/m0/s1. The predicted molar refractivity (Wildman–Crippen MR) is 122 cm³/mol. The molecule has 1 saturated heterocycles. The van der Waals surface area contributed by atoms with Crippen molar-refractivity contribution in [1.29, 1.82) is 0 Å². The van der Waals surface area contributed by atoms with Gasteiger partial charge in [-0.15, -0.1) is 0 Å². The Kier molecular flexibility index (Phi) is 5.28. The molecule has 0 saturated carbocycles. The number of piperazine rings is 1. The lowest BCUT2D eigenvalue weighted by molar-refractivity contribution is 0.102. The molecule has 1 fully saturated rings. The summed E-state index contributed by atoms with van der Waals surface area (Å²) in [5.74, 6) is -1.27. The first-order valence-electron chi connectivity index (χ1n) is 10.9. The quantitative estimate of drug-likeness (QED) is 0.658. The second-order valence-corrected chi connectivity index (χ2v) is 8.62. The summed E-state index contributed by atoms with van der Waals surface area (Å²) in [5, 5.41) is 2.71. The van der Waals surface area contributed by atoms with Gasteiger partial charge in [-0.3, -0.25) is 9.59 Å². The van der Waals surface area contributed by atoms with E-state index in [1.165, 1.54) is 36.5 Å². The van der Waals surface area contributed by atoms with E-state index in [9.17, 15) is 14.0 Å².